The number of carbonyl (C=O) groups excluding carboxylic acids is 1. The fourth-order valence-corrected chi connectivity index (χ4v) is 2.21. The number of hydrogen-bond donors (Lipinski definition) is 1. The molecule has 98 valence electrons. The van der Waals surface area contributed by atoms with E-state index in [-0.39, 0.29) is 5.91 Å². The molecule has 0 aliphatic heterocycles. The molecule has 0 saturated carbocycles. The molecule has 2 nitrogen and oxygen atoms in total. The van der Waals surface area contributed by atoms with E-state index >= 15 is 0 Å². The first-order valence-electron chi connectivity index (χ1n) is 6.13. The van der Waals surface area contributed by atoms with E-state index in [9.17, 15) is 4.79 Å². The van der Waals surface area contributed by atoms with Gasteiger partial charge in [-0.25, -0.2) is 0 Å². The molecule has 3 heteroatoms. The summed E-state index contributed by atoms with van der Waals surface area (Å²) in [4.78, 5) is 12.5. The average molecular weight is 318 g/mol. The molecule has 2 rings (SSSR count). The van der Waals surface area contributed by atoms with Gasteiger partial charge in [0, 0.05) is 4.47 Å². The minimum atomic E-state index is -0.573. The smallest absolute Gasteiger partial charge is 0.234 e. The standard InChI is InChI=1S/C16H16BrNO/c1-16(2,12-8-4-3-5-9-12)15(19)18-14-11-7-6-10-13(14)17/h3-11H,1-2H3,(H,18,19). The Hall–Kier alpha value is -1.61. The summed E-state index contributed by atoms with van der Waals surface area (Å²) in [6.45, 7) is 3.85. The first-order valence-corrected chi connectivity index (χ1v) is 6.92. The number of nitrogens with one attached hydrogen (secondary N) is 1. The maximum absolute atomic E-state index is 12.5. The number of anilines is 1. The van der Waals surface area contributed by atoms with Crippen LogP contribution in [0.2, 0.25) is 0 Å². The third-order valence-electron chi connectivity index (χ3n) is 3.19. The summed E-state index contributed by atoms with van der Waals surface area (Å²) in [5.74, 6) is -0.0226. The van der Waals surface area contributed by atoms with Crippen LogP contribution >= 0.6 is 15.9 Å². The Kier molecular flexibility index (Phi) is 4.05. The van der Waals surface area contributed by atoms with Gasteiger partial charge in [0.25, 0.3) is 0 Å². The Balaban J connectivity index is 2.23. The zero-order chi connectivity index (χ0) is 13.9. The Bertz CT molecular complexity index is 578. The summed E-state index contributed by atoms with van der Waals surface area (Å²) in [5.41, 5.74) is 1.22. The average Bonchev–Trinajstić information content (AvgIpc) is 2.42. The monoisotopic (exact) mass is 317 g/mol. The maximum atomic E-state index is 12.5. The lowest BCUT2D eigenvalue weighted by Crippen LogP contribution is -2.34. The number of benzene rings is 2. The molecule has 0 spiro atoms. The van der Waals surface area contributed by atoms with E-state index in [1.165, 1.54) is 0 Å². The van der Waals surface area contributed by atoms with Gasteiger partial charge in [-0.3, -0.25) is 4.79 Å². The van der Waals surface area contributed by atoms with Crippen molar-refractivity contribution in [2.75, 3.05) is 5.32 Å². The van der Waals surface area contributed by atoms with Crippen molar-refractivity contribution in [1.29, 1.82) is 0 Å². The molecule has 0 unspecified atom stereocenters. The van der Waals surface area contributed by atoms with E-state index in [0.29, 0.717) is 0 Å². The highest BCUT2D eigenvalue weighted by atomic mass is 79.9. The van der Waals surface area contributed by atoms with Gasteiger partial charge >= 0.3 is 0 Å². The second-order valence-electron chi connectivity index (χ2n) is 4.92. The van der Waals surface area contributed by atoms with Gasteiger partial charge in [0.2, 0.25) is 5.91 Å². The topological polar surface area (TPSA) is 29.1 Å². The Morgan fingerprint density at radius 2 is 1.58 bits per heavy atom. The van der Waals surface area contributed by atoms with Crippen molar-refractivity contribution in [2.45, 2.75) is 19.3 Å². The third-order valence-corrected chi connectivity index (χ3v) is 3.88. The predicted molar refractivity (Wildman–Crippen MR) is 82.2 cm³/mol. The van der Waals surface area contributed by atoms with Gasteiger partial charge < -0.3 is 5.32 Å². The molecule has 0 bridgehead atoms. The lowest BCUT2D eigenvalue weighted by Gasteiger charge is -2.24. The van der Waals surface area contributed by atoms with Crippen molar-refractivity contribution in [3.8, 4) is 0 Å². The molecule has 0 saturated heterocycles. The molecule has 19 heavy (non-hydrogen) atoms. The molecule has 0 aliphatic rings. The van der Waals surface area contributed by atoms with Crippen LogP contribution in [0.1, 0.15) is 19.4 Å². The molecule has 0 aromatic heterocycles. The van der Waals surface area contributed by atoms with Crippen LogP contribution in [-0.2, 0) is 10.2 Å². The molecule has 2 aromatic rings. The summed E-state index contributed by atoms with van der Waals surface area (Å²) >= 11 is 3.43. The minimum Gasteiger partial charge on any atom is -0.324 e. The number of amides is 1. The van der Waals surface area contributed by atoms with Gasteiger partial charge in [-0.05, 0) is 47.5 Å². The molecule has 0 heterocycles. The van der Waals surface area contributed by atoms with Crippen molar-refractivity contribution < 1.29 is 4.79 Å². The summed E-state index contributed by atoms with van der Waals surface area (Å²) in [5, 5.41) is 2.96. The van der Waals surface area contributed by atoms with Crippen molar-refractivity contribution in [1.82, 2.24) is 0 Å². The van der Waals surface area contributed by atoms with E-state index in [1.54, 1.807) is 0 Å². The van der Waals surface area contributed by atoms with Crippen LogP contribution in [0.5, 0.6) is 0 Å². The van der Waals surface area contributed by atoms with E-state index in [2.05, 4.69) is 21.2 Å². The Labute approximate surface area is 122 Å². The molecule has 2 aromatic carbocycles. The van der Waals surface area contributed by atoms with Crippen molar-refractivity contribution in [2.24, 2.45) is 0 Å². The van der Waals surface area contributed by atoms with Crippen molar-refractivity contribution in [3.05, 3.63) is 64.6 Å². The second kappa shape index (κ2) is 5.57. The molecule has 1 N–H and O–H groups in total. The van der Waals surface area contributed by atoms with Gasteiger partial charge in [0.05, 0.1) is 11.1 Å². The lowest BCUT2D eigenvalue weighted by atomic mass is 9.83. The van der Waals surface area contributed by atoms with Crippen LogP contribution in [0.3, 0.4) is 0 Å². The van der Waals surface area contributed by atoms with Gasteiger partial charge in [0.1, 0.15) is 0 Å². The predicted octanol–water partition coefficient (Wildman–Crippen LogP) is 4.37. The molecular weight excluding hydrogens is 302 g/mol. The van der Waals surface area contributed by atoms with E-state index < -0.39 is 5.41 Å². The van der Waals surface area contributed by atoms with Crippen LogP contribution < -0.4 is 5.32 Å². The van der Waals surface area contributed by atoms with Crippen molar-refractivity contribution in [3.63, 3.8) is 0 Å². The fourth-order valence-electron chi connectivity index (χ4n) is 1.83. The lowest BCUT2D eigenvalue weighted by molar-refractivity contribution is -0.120. The summed E-state index contributed by atoms with van der Waals surface area (Å²) < 4.78 is 0.882. The largest absolute Gasteiger partial charge is 0.324 e. The zero-order valence-corrected chi connectivity index (χ0v) is 12.6. The number of carbonyl (C=O) groups is 1. The van der Waals surface area contributed by atoms with Gasteiger partial charge in [-0.15, -0.1) is 0 Å². The summed E-state index contributed by atoms with van der Waals surface area (Å²) in [6, 6.07) is 17.4. The van der Waals surface area contributed by atoms with Crippen molar-refractivity contribution >= 4 is 27.5 Å². The van der Waals surface area contributed by atoms with Gasteiger partial charge in [-0.1, -0.05) is 42.5 Å². The first kappa shape index (κ1) is 13.8. The second-order valence-corrected chi connectivity index (χ2v) is 5.78. The first-order chi connectivity index (χ1) is 9.01. The van der Waals surface area contributed by atoms with Crippen LogP contribution in [-0.4, -0.2) is 5.91 Å². The highest BCUT2D eigenvalue weighted by Crippen LogP contribution is 2.27. The zero-order valence-electron chi connectivity index (χ0n) is 11.0. The normalized spacial score (nSPS) is 11.1. The molecule has 1 amide bonds. The number of para-hydroxylation sites is 1. The van der Waals surface area contributed by atoms with Crippen LogP contribution in [0, 0.1) is 0 Å². The number of halogens is 1. The maximum Gasteiger partial charge on any atom is 0.234 e. The summed E-state index contributed by atoms with van der Waals surface area (Å²) in [7, 11) is 0. The number of rotatable bonds is 3. The highest BCUT2D eigenvalue weighted by molar-refractivity contribution is 9.10. The fraction of sp³-hybridized carbons (Fsp3) is 0.188. The van der Waals surface area contributed by atoms with E-state index in [0.717, 1.165) is 15.7 Å². The molecular formula is C16H16BrNO. The minimum absolute atomic E-state index is 0.0226. The molecule has 0 radical (unpaired) electrons. The van der Waals surface area contributed by atoms with Crippen LogP contribution in [0.15, 0.2) is 59.1 Å². The Morgan fingerprint density at radius 3 is 2.21 bits per heavy atom. The Morgan fingerprint density at radius 1 is 1.00 bits per heavy atom. The van der Waals surface area contributed by atoms with E-state index in [4.69, 9.17) is 0 Å². The molecule has 0 atom stereocenters. The van der Waals surface area contributed by atoms with Gasteiger partial charge in [0.15, 0.2) is 0 Å². The quantitative estimate of drug-likeness (QED) is 0.895. The highest BCUT2D eigenvalue weighted by Gasteiger charge is 2.29. The molecule has 0 fully saturated rings. The number of hydrogen-bond acceptors (Lipinski definition) is 1. The third kappa shape index (κ3) is 3.04. The van der Waals surface area contributed by atoms with Crippen LogP contribution in [0.4, 0.5) is 5.69 Å². The molecule has 0 aliphatic carbocycles. The summed E-state index contributed by atoms with van der Waals surface area (Å²) in [6.07, 6.45) is 0. The van der Waals surface area contributed by atoms with Crippen LogP contribution in [0.25, 0.3) is 0 Å². The van der Waals surface area contributed by atoms with Gasteiger partial charge in [-0.2, -0.15) is 0 Å². The SMILES string of the molecule is CC(C)(C(=O)Nc1ccccc1Br)c1ccccc1. The van der Waals surface area contributed by atoms with E-state index in [1.807, 2.05) is 68.4 Å².